The Morgan fingerprint density at radius 3 is 2.88 bits per heavy atom. The molecule has 0 bridgehead atoms. The Balaban J connectivity index is 1.84. The first-order chi connectivity index (χ1) is 7.77. The van der Waals surface area contributed by atoms with E-state index in [4.69, 9.17) is 11.6 Å². The van der Waals surface area contributed by atoms with Crippen molar-refractivity contribution in [2.24, 2.45) is 5.92 Å². The number of hydrogen-bond acceptors (Lipinski definition) is 1. The van der Waals surface area contributed by atoms with Gasteiger partial charge in [-0.05, 0) is 43.2 Å². The van der Waals surface area contributed by atoms with E-state index in [1.54, 1.807) is 6.20 Å². The fraction of sp³-hybridized carbons (Fsp3) is 0.615. The van der Waals surface area contributed by atoms with Gasteiger partial charge in [0, 0.05) is 17.2 Å². The van der Waals surface area contributed by atoms with Crippen molar-refractivity contribution in [3.63, 3.8) is 0 Å². The molecule has 1 atom stereocenters. The highest BCUT2D eigenvalue weighted by atomic mass is 79.9. The summed E-state index contributed by atoms with van der Waals surface area (Å²) in [5, 5.41) is 0.800. The van der Waals surface area contributed by atoms with Crippen LogP contribution < -0.4 is 0 Å². The summed E-state index contributed by atoms with van der Waals surface area (Å²) in [6.07, 6.45) is 11.4. The summed E-state index contributed by atoms with van der Waals surface area (Å²) in [6.45, 7) is 0. The lowest BCUT2D eigenvalue weighted by atomic mass is 9.98. The lowest BCUT2D eigenvalue weighted by Crippen LogP contribution is -2.11. The summed E-state index contributed by atoms with van der Waals surface area (Å²) < 4.78 is 0. The minimum atomic E-state index is 0.652. The zero-order chi connectivity index (χ0) is 11.4. The molecular weight excluding hydrogens is 286 g/mol. The summed E-state index contributed by atoms with van der Waals surface area (Å²) in [6, 6.07) is 2.02. The fourth-order valence-corrected chi connectivity index (χ4v) is 3.43. The molecule has 1 aliphatic carbocycles. The lowest BCUT2D eigenvalue weighted by molar-refractivity contribution is 0.506. The molecule has 1 aliphatic rings. The quantitative estimate of drug-likeness (QED) is 0.739. The van der Waals surface area contributed by atoms with Gasteiger partial charge in [0.05, 0.1) is 5.02 Å². The van der Waals surface area contributed by atoms with Crippen molar-refractivity contribution >= 4 is 27.5 Å². The van der Waals surface area contributed by atoms with Crippen molar-refractivity contribution in [1.29, 1.82) is 0 Å². The van der Waals surface area contributed by atoms with Gasteiger partial charge < -0.3 is 0 Å². The molecule has 0 saturated heterocycles. The highest BCUT2D eigenvalue weighted by Crippen LogP contribution is 2.33. The van der Waals surface area contributed by atoms with Gasteiger partial charge in [-0.15, -0.1) is 0 Å². The van der Waals surface area contributed by atoms with Crippen molar-refractivity contribution in [1.82, 2.24) is 4.98 Å². The van der Waals surface area contributed by atoms with Gasteiger partial charge in [-0.3, -0.25) is 4.98 Å². The maximum atomic E-state index is 6.09. The summed E-state index contributed by atoms with van der Waals surface area (Å²) in [7, 11) is 0. The molecule has 1 heterocycles. The van der Waals surface area contributed by atoms with Gasteiger partial charge >= 0.3 is 0 Å². The van der Waals surface area contributed by atoms with Crippen LogP contribution in [-0.2, 0) is 6.42 Å². The van der Waals surface area contributed by atoms with Crippen molar-refractivity contribution in [3.8, 4) is 0 Å². The van der Waals surface area contributed by atoms with E-state index >= 15 is 0 Å². The van der Waals surface area contributed by atoms with Gasteiger partial charge in [0.2, 0.25) is 0 Å². The monoisotopic (exact) mass is 301 g/mol. The Hall–Kier alpha value is -0.0800. The van der Waals surface area contributed by atoms with Crippen LogP contribution in [0.4, 0.5) is 0 Å². The lowest BCUT2D eigenvalue weighted by Gasteiger charge is -2.16. The van der Waals surface area contributed by atoms with E-state index in [0.29, 0.717) is 4.83 Å². The first-order valence-electron chi connectivity index (χ1n) is 6.00. The molecule has 16 heavy (non-hydrogen) atoms. The number of hydrogen-bond donors (Lipinski definition) is 0. The molecule has 0 aliphatic heterocycles. The second kappa shape index (κ2) is 6.02. The Bertz CT molecular complexity index is 336. The Labute approximate surface area is 111 Å². The average Bonchev–Trinajstić information content (AvgIpc) is 2.81. The Morgan fingerprint density at radius 2 is 2.19 bits per heavy atom. The zero-order valence-electron chi connectivity index (χ0n) is 9.33. The molecule has 1 saturated carbocycles. The first-order valence-corrected chi connectivity index (χ1v) is 7.29. The van der Waals surface area contributed by atoms with E-state index in [1.807, 2.05) is 12.3 Å². The third-order valence-corrected chi connectivity index (χ3v) is 5.00. The van der Waals surface area contributed by atoms with E-state index in [0.717, 1.165) is 17.4 Å². The van der Waals surface area contributed by atoms with Crippen LogP contribution in [0.25, 0.3) is 0 Å². The van der Waals surface area contributed by atoms with Gasteiger partial charge in [0.15, 0.2) is 0 Å². The maximum absolute atomic E-state index is 6.09. The number of halogens is 2. The summed E-state index contributed by atoms with van der Waals surface area (Å²) in [5.74, 6) is 0.876. The van der Waals surface area contributed by atoms with E-state index in [9.17, 15) is 0 Å². The van der Waals surface area contributed by atoms with E-state index in [2.05, 4.69) is 20.9 Å². The van der Waals surface area contributed by atoms with Crippen LogP contribution in [0.15, 0.2) is 18.5 Å². The third kappa shape index (κ3) is 3.21. The van der Waals surface area contributed by atoms with Gasteiger partial charge in [-0.25, -0.2) is 0 Å². The number of nitrogens with zero attached hydrogens (tertiary/aromatic N) is 1. The molecule has 1 fully saturated rings. The number of rotatable bonds is 4. The second-order valence-electron chi connectivity index (χ2n) is 4.57. The summed E-state index contributed by atoms with van der Waals surface area (Å²) >= 11 is 9.92. The van der Waals surface area contributed by atoms with Gasteiger partial charge in [0.25, 0.3) is 0 Å². The molecule has 0 N–H and O–H groups in total. The number of pyridine rings is 1. The van der Waals surface area contributed by atoms with Gasteiger partial charge in [0.1, 0.15) is 0 Å². The van der Waals surface area contributed by atoms with Crippen molar-refractivity contribution in [3.05, 3.63) is 29.0 Å². The second-order valence-corrected chi connectivity index (χ2v) is 6.15. The topological polar surface area (TPSA) is 12.9 Å². The molecule has 1 aromatic rings. The molecule has 1 unspecified atom stereocenters. The van der Waals surface area contributed by atoms with E-state index in [-0.39, 0.29) is 0 Å². The van der Waals surface area contributed by atoms with E-state index < -0.39 is 0 Å². The zero-order valence-corrected chi connectivity index (χ0v) is 11.7. The number of aryl methyl sites for hydroxylation is 1. The molecule has 1 nitrogen and oxygen atoms in total. The van der Waals surface area contributed by atoms with Crippen LogP contribution in [0, 0.1) is 5.92 Å². The highest BCUT2D eigenvalue weighted by Gasteiger charge is 2.22. The molecule has 1 aromatic heterocycles. The molecule has 0 radical (unpaired) electrons. The van der Waals surface area contributed by atoms with Crippen LogP contribution in [0.5, 0.6) is 0 Å². The van der Waals surface area contributed by atoms with Crippen LogP contribution in [-0.4, -0.2) is 9.81 Å². The summed E-state index contributed by atoms with van der Waals surface area (Å²) in [5.41, 5.74) is 1.22. The molecule has 88 valence electrons. The van der Waals surface area contributed by atoms with E-state index in [1.165, 1.54) is 37.7 Å². The molecule has 0 amide bonds. The minimum absolute atomic E-state index is 0.652. The standard InChI is InChI=1S/C13H17BrClN/c14-12(10-3-1-2-4-10)6-5-11-7-8-16-9-13(11)15/h7-10,12H,1-6H2. The maximum Gasteiger partial charge on any atom is 0.0621 e. The number of alkyl halides is 1. The minimum Gasteiger partial charge on any atom is -0.263 e. The highest BCUT2D eigenvalue weighted by molar-refractivity contribution is 9.09. The van der Waals surface area contributed by atoms with Crippen LogP contribution in [0.3, 0.4) is 0 Å². The largest absolute Gasteiger partial charge is 0.263 e. The SMILES string of the molecule is Clc1cnccc1CCC(Br)C1CCCC1. The first kappa shape index (κ1) is 12.4. The predicted octanol–water partition coefficient (Wildman–Crippen LogP) is 4.62. The number of aromatic nitrogens is 1. The predicted molar refractivity (Wildman–Crippen MR) is 72.2 cm³/mol. The summed E-state index contributed by atoms with van der Waals surface area (Å²) in [4.78, 5) is 4.66. The van der Waals surface area contributed by atoms with Crippen molar-refractivity contribution in [2.45, 2.75) is 43.4 Å². The normalized spacial score (nSPS) is 18.9. The van der Waals surface area contributed by atoms with Gasteiger partial charge in [-0.2, -0.15) is 0 Å². The smallest absolute Gasteiger partial charge is 0.0621 e. The van der Waals surface area contributed by atoms with Crippen LogP contribution >= 0.6 is 27.5 Å². The Morgan fingerprint density at radius 1 is 1.44 bits per heavy atom. The fourth-order valence-electron chi connectivity index (χ4n) is 2.45. The Kier molecular flexibility index (Phi) is 4.66. The molecule has 0 spiro atoms. The molecular formula is C13H17BrClN. The van der Waals surface area contributed by atoms with Crippen molar-refractivity contribution < 1.29 is 0 Å². The molecule has 2 rings (SSSR count). The average molecular weight is 303 g/mol. The van der Waals surface area contributed by atoms with Crippen LogP contribution in [0.1, 0.15) is 37.7 Å². The van der Waals surface area contributed by atoms with Crippen LogP contribution in [0.2, 0.25) is 5.02 Å². The molecule has 0 aromatic carbocycles. The molecule has 3 heteroatoms. The third-order valence-electron chi connectivity index (χ3n) is 3.46. The van der Waals surface area contributed by atoms with Gasteiger partial charge in [-0.1, -0.05) is 40.4 Å². The van der Waals surface area contributed by atoms with Crippen molar-refractivity contribution in [2.75, 3.05) is 0 Å².